The van der Waals surface area contributed by atoms with Crippen LogP contribution in [0, 0.1) is 0 Å². The highest BCUT2D eigenvalue weighted by Gasteiger charge is 2.23. The smallest absolute Gasteiger partial charge is 0.258 e. The van der Waals surface area contributed by atoms with Crippen molar-refractivity contribution in [2.45, 2.75) is 9.79 Å². The van der Waals surface area contributed by atoms with E-state index in [0.717, 1.165) is 0 Å². The van der Waals surface area contributed by atoms with E-state index in [9.17, 15) is 27.6 Å². The molecule has 0 spiro atoms. The highest BCUT2D eigenvalue weighted by atomic mass is 32.2. The Morgan fingerprint density at radius 3 is 1.02 bits per heavy atom. The molecule has 0 aliphatic carbocycles. The largest absolute Gasteiger partial charge is 0.457 e. The summed E-state index contributed by atoms with van der Waals surface area (Å²) in [6.07, 6.45) is 2.47. The van der Waals surface area contributed by atoms with Gasteiger partial charge in [0, 0.05) is 12.2 Å². The number of rotatable bonds is 8. The van der Waals surface area contributed by atoms with Crippen LogP contribution >= 0.6 is 0 Å². The minimum Gasteiger partial charge on any atom is -0.457 e. The Morgan fingerprint density at radius 1 is 0.442 bits per heavy atom. The first-order chi connectivity index (χ1) is 20.7. The Morgan fingerprint density at radius 2 is 0.744 bits per heavy atom. The lowest BCUT2D eigenvalue weighted by Gasteiger charge is -2.10. The van der Waals surface area contributed by atoms with Crippen LogP contribution in [0.15, 0.2) is 119 Å². The van der Waals surface area contributed by atoms with Crippen LogP contribution in [0.4, 0.5) is 0 Å². The minimum absolute atomic E-state index is 0.0760. The molecule has 2 heterocycles. The summed E-state index contributed by atoms with van der Waals surface area (Å²) in [5.74, 6) is -0.0963. The van der Waals surface area contributed by atoms with Crippen LogP contribution in [-0.4, -0.2) is 32.0 Å². The van der Waals surface area contributed by atoms with Gasteiger partial charge >= 0.3 is 0 Å². The van der Waals surface area contributed by atoms with Gasteiger partial charge in [-0.25, -0.2) is 8.42 Å². The molecule has 0 saturated carbocycles. The number of amides is 4. The van der Waals surface area contributed by atoms with Gasteiger partial charge in [0.15, 0.2) is 0 Å². The standard InChI is InChI=1S/C32H20N2O8S/c35-29-17-27(31(37)33-29)19-1-5-21(6-2-19)41-23-9-13-25(14-10-23)43(39,40)26-15-11-24(12-16-26)42-22-7-3-20(4-8-22)28-18-30(36)34-32(28)38/h1-18H,(H,33,35,37)(H,34,36,38). The maximum absolute atomic E-state index is 13.2. The van der Waals surface area contributed by atoms with Gasteiger partial charge in [0.05, 0.1) is 20.9 Å². The quantitative estimate of drug-likeness (QED) is 0.290. The minimum atomic E-state index is -3.82. The Kier molecular flexibility index (Phi) is 6.92. The van der Waals surface area contributed by atoms with Crippen LogP contribution in [0.3, 0.4) is 0 Å². The molecule has 0 unspecified atom stereocenters. The van der Waals surface area contributed by atoms with Gasteiger partial charge in [0.1, 0.15) is 23.0 Å². The van der Waals surface area contributed by atoms with Crippen molar-refractivity contribution in [1.82, 2.24) is 10.6 Å². The normalized spacial score (nSPS) is 14.6. The fraction of sp³-hybridized carbons (Fsp3) is 0. The average Bonchev–Trinajstić information content (AvgIpc) is 3.53. The molecular weight excluding hydrogens is 572 g/mol. The lowest BCUT2D eigenvalue weighted by Crippen LogP contribution is -2.21. The summed E-state index contributed by atoms with van der Waals surface area (Å²) >= 11 is 0. The average molecular weight is 593 g/mol. The summed E-state index contributed by atoms with van der Waals surface area (Å²) in [5.41, 5.74) is 1.68. The molecule has 0 fully saturated rings. The van der Waals surface area contributed by atoms with Gasteiger partial charge in [-0.15, -0.1) is 0 Å². The summed E-state index contributed by atoms with van der Waals surface area (Å²) < 4.78 is 38.0. The van der Waals surface area contributed by atoms with Crippen molar-refractivity contribution in [2.75, 3.05) is 0 Å². The molecule has 0 bridgehead atoms. The van der Waals surface area contributed by atoms with Gasteiger partial charge in [-0.2, -0.15) is 0 Å². The number of ether oxygens (including phenoxy) is 2. The van der Waals surface area contributed by atoms with Crippen LogP contribution in [0.25, 0.3) is 11.1 Å². The highest BCUT2D eigenvalue weighted by Crippen LogP contribution is 2.30. The molecule has 43 heavy (non-hydrogen) atoms. The number of hydrogen-bond acceptors (Lipinski definition) is 8. The molecule has 2 aliphatic heterocycles. The fourth-order valence-corrected chi connectivity index (χ4v) is 5.70. The van der Waals surface area contributed by atoms with Crippen LogP contribution in [-0.2, 0) is 29.0 Å². The van der Waals surface area contributed by atoms with Gasteiger partial charge < -0.3 is 9.47 Å². The van der Waals surface area contributed by atoms with Crippen LogP contribution in [0.1, 0.15) is 11.1 Å². The van der Waals surface area contributed by atoms with Crippen molar-refractivity contribution in [3.63, 3.8) is 0 Å². The van der Waals surface area contributed by atoms with Crippen LogP contribution in [0.2, 0.25) is 0 Å². The number of hydrogen-bond donors (Lipinski definition) is 2. The SMILES string of the molecule is O=C1C=C(c2ccc(Oc3ccc(S(=O)(=O)c4ccc(Oc5ccc(C6=CC(=O)NC6=O)cc5)cc4)cc3)cc2)C(=O)N1. The lowest BCUT2D eigenvalue weighted by atomic mass is 10.1. The monoisotopic (exact) mass is 592 g/mol. The summed E-state index contributed by atoms with van der Waals surface area (Å²) in [6.45, 7) is 0. The molecule has 4 amide bonds. The second-order valence-corrected chi connectivity index (χ2v) is 11.4. The maximum atomic E-state index is 13.2. The van der Waals surface area contributed by atoms with E-state index in [4.69, 9.17) is 9.47 Å². The molecule has 0 saturated heterocycles. The zero-order valence-corrected chi connectivity index (χ0v) is 22.9. The third-order valence-corrected chi connectivity index (χ3v) is 8.37. The van der Waals surface area contributed by atoms with Gasteiger partial charge in [0.25, 0.3) is 23.6 Å². The van der Waals surface area contributed by atoms with E-state index in [1.807, 2.05) is 0 Å². The van der Waals surface area contributed by atoms with Crippen molar-refractivity contribution in [1.29, 1.82) is 0 Å². The van der Waals surface area contributed by atoms with E-state index >= 15 is 0 Å². The molecule has 6 rings (SSSR count). The second kappa shape index (κ2) is 10.9. The van der Waals surface area contributed by atoms with Gasteiger partial charge in [-0.3, -0.25) is 29.8 Å². The van der Waals surface area contributed by atoms with E-state index < -0.39 is 33.5 Å². The van der Waals surface area contributed by atoms with E-state index in [0.29, 0.717) is 34.1 Å². The second-order valence-electron chi connectivity index (χ2n) is 9.45. The third kappa shape index (κ3) is 5.69. The fourth-order valence-electron chi connectivity index (χ4n) is 4.44. The van der Waals surface area contributed by atoms with Gasteiger partial charge in [0.2, 0.25) is 9.84 Å². The molecule has 4 aromatic rings. The molecule has 0 radical (unpaired) electrons. The number of benzene rings is 4. The molecule has 11 heteroatoms. The molecular formula is C32H20N2O8S. The van der Waals surface area contributed by atoms with Crippen LogP contribution < -0.4 is 20.1 Å². The summed E-state index contributed by atoms with van der Waals surface area (Å²) in [7, 11) is -3.82. The number of imide groups is 2. The summed E-state index contributed by atoms with van der Waals surface area (Å²) in [5, 5.41) is 4.39. The zero-order valence-electron chi connectivity index (χ0n) is 22.1. The van der Waals surface area contributed by atoms with E-state index in [1.165, 1.54) is 60.7 Å². The molecule has 0 atom stereocenters. The van der Waals surface area contributed by atoms with Crippen molar-refractivity contribution < 1.29 is 37.1 Å². The summed E-state index contributed by atoms with van der Waals surface area (Å²) in [4.78, 5) is 46.6. The molecule has 212 valence electrons. The Bertz CT molecular complexity index is 1820. The van der Waals surface area contributed by atoms with Crippen molar-refractivity contribution in [3.8, 4) is 23.0 Å². The number of carbonyl (C=O) groups excluding carboxylic acids is 4. The Labute approximate surface area is 245 Å². The first-order valence-corrected chi connectivity index (χ1v) is 14.3. The van der Waals surface area contributed by atoms with Crippen molar-refractivity contribution in [3.05, 3.63) is 120 Å². The summed E-state index contributed by atoms with van der Waals surface area (Å²) in [6, 6.07) is 25.1. The van der Waals surface area contributed by atoms with Crippen LogP contribution in [0.5, 0.6) is 23.0 Å². The first-order valence-electron chi connectivity index (χ1n) is 12.8. The van der Waals surface area contributed by atoms with Gasteiger partial charge in [-0.1, -0.05) is 24.3 Å². The lowest BCUT2D eigenvalue weighted by molar-refractivity contribution is -0.124. The van der Waals surface area contributed by atoms with E-state index in [1.54, 1.807) is 48.5 Å². The number of sulfone groups is 1. The topological polar surface area (TPSA) is 145 Å². The van der Waals surface area contributed by atoms with Gasteiger partial charge in [-0.05, 0) is 83.9 Å². The Hall–Kier alpha value is -5.81. The number of carbonyl (C=O) groups is 4. The zero-order chi connectivity index (χ0) is 30.1. The van der Waals surface area contributed by atoms with E-state index in [2.05, 4.69) is 10.6 Å². The Balaban J connectivity index is 1.09. The van der Waals surface area contributed by atoms with Crippen molar-refractivity contribution >= 4 is 44.6 Å². The molecule has 10 nitrogen and oxygen atoms in total. The maximum Gasteiger partial charge on any atom is 0.258 e. The number of nitrogens with one attached hydrogen (secondary N) is 2. The molecule has 2 aliphatic rings. The third-order valence-electron chi connectivity index (χ3n) is 6.58. The van der Waals surface area contributed by atoms with E-state index in [-0.39, 0.29) is 20.9 Å². The molecule has 0 aromatic heterocycles. The highest BCUT2D eigenvalue weighted by molar-refractivity contribution is 7.91. The predicted molar refractivity (Wildman–Crippen MR) is 154 cm³/mol. The first kappa shape index (κ1) is 27.4. The molecule has 4 aromatic carbocycles. The molecule has 2 N–H and O–H groups in total. The van der Waals surface area contributed by atoms with Crippen molar-refractivity contribution in [2.24, 2.45) is 0 Å². The predicted octanol–water partition coefficient (Wildman–Crippen LogP) is 4.18.